The van der Waals surface area contributed by atoms with Crippen LogP contribution in [0.3, 0.4) is 0 Å². The van der Waals surface area contributed by atoms with Crippen LogP contribution < -0.4 is 5.73 Å². The second-order valence-corrected chi connectivity index (χ2v) is 5.04. The van der Waals surface area contributed by atoms with Gasteiger partial charge in [-0.2, -0.15) is 0 Å². The van der Waals surface area contributed by atoms with Crippen LogP contribution in [0.4, 0.5) is 0 Å². The monoisotopic (exact) mass is 277 g/mol. The first kappa shape index (κ1) is 14.3. The van der Waals surface area contributed by atoms with Gasteiger partial charge in [-0.3, -0.25) is 0 Å². The Morgan fingerprint density at radius 2 is 1.68 bits per heavy atom. The fourth-order valence-corrected chi connectivity index (χ4v) is 2.87. The van der Waals surface area contributed by atoms with Crippen LogP contribution in [0.5, 0.6) is 0 Å². The third-order valence-corrected chi connectivity index (χ3v) is 3.96. The Bertz CT molecular complexity index is 532. The van der Waals surface area contributed by atoms with E-state index in [-0.39, 0.29) is 18.4 Å². The second-order valence-electron chi connectivity index (χ2n) is 5.04. The molecule has 0 radical (unpaired) electrons. The van der Waals surface area contributed by atoms with Crippen molar-refractivity contribution >= 4 is 23.2 Å². The Morgan fingerprint density at radius 1 is 1.00 bits per heavy atom. The van der Waals surface area contributed by atoms with E-state index in [9.17, 15) is 0 Å². The molecule has 3 rings (SSSR count). The summed E-state index contributed by atoms with van der Waals surface area (Å²) >= 11 is 0. The van der Waals surface area contributed by atoms with Gasteiger partial charge < -0.3 is 10.5 Å². The summed E-state index contributed by atoms with van der Waals surface area (Å²) in [6, 6.07) is 15.0. The highest BCUT2D eigenvalue weighted by Gasteiger charge is 2.23. The Hall–Kier alpha value is -1.09. The Morgan fingerprint density at radius 3 is 2.47 bits per heavy atom. The van der Waals surface area contributed by atoms with Crippen LogP contribution in [0.15, 0.2) is 42.5 Å². The average molecular weight is 278 g/mol. The molecule has 2 nitrogen and oxygen atoms in total. The molecule has 1 saturated heterocycles. The molecule has 0 saturated carbocycles. The number of ether oxygens (including phenoxy) is 1. The van der Waals surface area contributed by atoms with Gasteiger partial charge in [0.1, 0.15) is 0 Å². The highest BCUT2D eigenvalue weighted by molar-refractivity contribution is 5.86. The molecule has 0 bridgehead atoms. The quantitative estimate of drug-likeness (QED) is 0.909. The Balaban J connectivity index is 0.00000133. The topological polar surface area (TPSA) is 35.2 Å². The summed E-state index contributed by atoms with van der Waals surface area (Å²) in [6.07, 6.45) is 2.15. The zero-order valence-electron chi connectivity index (χ0n) is 10.9. The van der Waals surface area contributed by atoms with Gasteiger partial charge in [-0.15, -0.1) is 12.4 Å². The third kappa shape index (κ3) is 2.92. The van der Waals surface area contributed by atoms with Crippen LogP contribution in [-0.4, -0.2) is 13.2 Å². The van der Waals surface area contributed by atoms with E-state index in [1.807, 2.05) is 0 Å². The summed E-state index contributed by atoms with van der Waals surface area (Å²) in [5, 5.41) is 2.57. The zero-order valence-corrected chi connectivity index (χ0v) is 11.7. The van der Waals surface area contributed by atoms with Gasteiger partial charge >= 0.3 is 0 Å². The van der Waals surface area contributed by atoms with Gasteiger partial charge in [0, 0.05) is 19.3 Å². The molecule has 0 spiro atoms. The number of nitrogens with two attached hydrogens (primary N) is 1. The van der Waals surface area contributed by atoms with E-state index in [1.54, 1.807) is 0 Å². The van der Waals surface area contributed by atoms with Gasteiger partial charge in [-0.1, -0.05) is 42.5 Å². The lowest BCUT2D eigenvalue weighted by molar-refractivity contribution is 0.0585. The van der Waals surface area contributed by atoms with Gasteiger partial charge in [0.15, 0.2) is 0 Å². The summed E-state index contributed by atoms with van der Waals surface area (Å²) in [4.78, 5) is 0. The van der Waals surface area contributed by atoms with E-state index in [0.717, 1.165) is 26.1 Å². The third-order valence-electron chi connectivity index (χ3n) is 3.96. The van der Waals surface area contributed by atoms with Crippen molar-refractivity contribution in [2.24, 2.45) is 11.7 Å². The Kier molecular flexibility index (Phi) is 4.81. The van der Waals surface area contributed by atoms with Gasteiger partial charge in [-0.25, -0.2) is 0 Å². The van der Waals surface area contributed by atoms with E-state index in [1.165, 1.54) is 16.3 Å². The molecular weight excluding hydrogens is 258 g/mol. The molecule has 0 unspecified atom stereocenters. The Labute approximate surface area is 120 Å². The van der Waals surface area contributed by atoms with Crippen LogP contribution in [0.1, 0.15) is 24.4 Å². The number of rotatable bonds is 2. The maximum absolute atomic E-state index is 6.48. The number of hydrogen-bond donors (Lipinski definition) is 1. The molecule has 0 aliphatic carbocycles. The molecule has 2 aromatic rings. The lowest BCUT2D eigenvalue weighted by Crippen LogP contribution is -2.27. The summed E-state index contributed by atoms with van der Waals surface area (Å²) in [5.41, 5.74) is 7.76. The number of benzene rings is 2. The fraction of sp³-hybridized carbons (Fsp3) is 0.375. The first-order chi connectivity index (χ1) is 8.86. The molecule has 0 amide bonds. The molecule has 0 aromatic heterocycles. The molecule has 1 fully saturated rings. The van der Waals surface area contributed by atoms with Gasteiger partial charge in [0.2, 0.25) is 0 Å². The summed E-state index contributed by atoms with van der Waals surface area (Å²) in [5.74, 6) is 0.546. The summed E-state index contributed by atoms with van der Waals surface area (Å²) in [6.45, 7) is 1.70. The van der Waals surface area contributed by atoms with Crippen molar-refractivity contribution < 1.29 is 4.74 Å². The molecule has 3 heteroatoms. The van der Waals surface area contributed by atoms with Gasteiger partial charge in [0.05, 0.1) is 0 Å². The van der Waals surface area contributed by atoms with Crippen LogP contribution in [0.2, 0.25) is 0 Å². The minimum atomic E-state index is 0. The fourth-order valence-electron chi connectivity index (χ4n) is 2.87. The van der Waals surface area contributed by atoms with Crippen molar-refractivity contribution in [3.63, 3.8) is 0 Å². The van der Waals surface area contributed by atoms with E-state index < -0.39 is 0 Å². The van der Waals surface area contributed by atoms with Crippen LogP contribution in [0, 0.1) is 5.92 Å². The van der Waals surface area contributed by atoms with Crippen LogP contribution in [-0.2, 0) is 4.74 Å². The smallest absolute Gasteiger partial charge is 0.0469 e. The van der Waals surface area contributed by atoms with Gasteiger partial charge in [0.25, 0.3) is 0 Å². The lowest BCUT2D eigenvalue weighted by atomic mass is 9.86. The molecule has 102 valence electrons. The first-order valence-corrected chi connectivity index (χ1v) is 6.67. The maximum Gasteiger partial charge on any atom is 0.0469 e. The minimum absolute atomic E-state index is 0. The van der Waals surface area contributed by atoms with Crippen molar-refractivity contribution in [3.8, 4) is 0 Å². The van der Waals surface area contributed by atoms with E-state index in [0.29, 0.717) is 5.92 Å². The highest BCUT2D eigenvalue weighted by Crippen LogP contribution is 2.32. The predicted octanol–water partition coefficient (Wildman–Crippen LogP) is 3.69. The van der Waals surface area contributed by atoms with E-state index >= 15 is 0 Å². The zero-order chi connectivity index (χ0) is 12.4. The number of hydrogen-bond acceptors (Lipinski definition) is 2. The molecule has 1 aliphatic rings. The molecule has 1 aliphatic heterocycles. The maximum atomic E-state index is 6.48. The minimum Gasteiger partial charge on any atom is -0.381 e. The molecule has 1 atom stereocenters. The van der Waals surface area contributed by atoms with Crippen molar-refractivity contribution in [1.29, 1.82) is 0 Å². The molecule has 1 heterocycles. The molecule has 2 aromatic carbocycles. The van der Waals surface area contributed by atoms with E-state index in [2.05, 4.69) is 42.5 Å². The lowest BCUT2D eigenvalue weighted by Gasteiger charge is -2.28. The number of halogens is 1. The second kappa shape index (κ2) is 6.38. The number of fused-ring (bicyclic) bond motifs is 1. The summed E-state index contributed by atoms with van der Waals surface area (Å²) < 4.78 is 5.42. The first-order valence-electron chi connectivity index (χ1n) is 6.67. The SMILES string of the molecule is Cl.N[C@@H](c1cccc2ccccc12)C1CCOCC1. The van der Waals surface area contributed by atoms with Crippen molar-refractivity contribution in [2.45, 2.75) is 18.9 Å². The molecule has 19 heavy (non-hydrogen) atoms. The van der Waals surface area contributed by atoms with Gasteiger partial charge in [-0.05, 0) is 35.1 Å². The van der Waals surface area contributed by atoms with Crippen molar-refractivity contribution in [2.75, 3.05) is 13.2 Å². The van der Waals surface area contributed by atoms with Crippen molar-refractivity contribution in [3.05, 3.63) is 48.0 Å². The normalized spacial score (nSPS) is 17.9. The van der Waals surface area contributed by atoms with Crippen LogP contribution >= 0.6 is 12.4 Å². The largest absolute Gasteiger partial charge is 0.381 e. The van der Waals surface area contributed by atoms with Crippen molar-refractivity contribution in [1.82, 2.24) is 0 Å². The average Bonchev–Trinajstić information content (AvgIpc) is 2.47. The van der Waals surface area contributed by atoms with Crippen LogP contribution in [0.25, 0.3) is 10.8 Å². The molecule has 2 N–H and O–H groups in total. The highest BCUT2D eigenvalue weighted by atomic mass is 35.5. The standard InChI is InChI=1S/C16H19NO.ClH/c17-16(13-8-10-18-11-9-13)15-7-3-5-12-4-1-2-6-14(12)15;/h1-7,13,16H,8-11,17H2;1H/t16-;/m1./s1. The van der Waals surface area contributed by atoms with E-state index in [4.69, 9.17) is 10.5 Å². The summed E-state index contributed by atoms with van der Waals surface area (Å²) in [7, 11) is 0. The molecular formula is C16H20ClNO. The predicted molar refractivity (Wildman–Crippen MR) is 81.7 cm³/mol.